The molecule has 2 heterocycles. The van der Waals surface area contributed by atoms with Crippen molar-refractivity contribution in [2.24, 2.45) is 10.9 Å². The smallest absolute Gasteiger partial charge is 0.252 e. The maximum Gasteiger partial charge on any atom is 0.252 e. The third kappa shape index (κ3) is 8.27. The molecule has 0 aliphatic carbocycles. The first-order valence-electron chi connectivity index (χ1n) is 10.6. The number of aliphatic imine (C=N–C) groups is 1. The summed E-state index contributed by atoms with van der Waals surface area (Å²) in [6, 6.07) is 9.69. The van der Waals surface area contributed by atoms with Crippen LogP contribution in [0.1, 0.15) is 27.9 Å². The molecule has 2 aromatic rings. The fraction of sp³-hybridized carbons (Fsp3) is 0.435. The first-order chi connectivity index (χ1) is 15.2. The summed E-state index contributed by atoms with van der Waals surface area (Å²) >= 11 is 0. The summed E-state index contributed by atoms with van der Waals surface area (Å²) in [6.45, 7) is 5.91. The van der Waals surface area contributed by atoms with Gasteiger partial charge in [-0.15, -0.1) is 24.0 Å². The van der Waals surface area contributed by atoms with Crippen LogP contribution in [0.15, 0.2) is 47.7 Å². The molecule has 0 spiro atoms. The molecule has 1 aromatic heterocycles. The second-order valence-corrected chi connectivity index (χ2v) is 7.50. The van der Waals surface area contributed by atoms with Gasteiger partial charge in [-0.05, 0) is 37.1 Å². The Morgan fingerprint density at radius 2 is 2.09 bits per heavy atom. The van der Waals surface area contributed by atoms with Crippen molar-refractivity contribution in [1.82, 2.24) is 20.9 Å². The molecule has 32 heavy (non-hydrogen) atoms. The summed E-state index contributed by atoms with van der Waals surface area (Å²) in [7, 11) is 1.72. The largest absolute Gasteiger partial charge is 0.493 e. The molecule has 8 nitrogen and oxygen atoms in total. The Morgan fingerprint density at radius 3 is 2.81 bits per heavy atom. The fourth-order valence-corrected chi connectivity index (χ4v) is 3.22. The van der Waals surface area contributed by atoms with Crippen LogP contribution in [-0.2, 0) is 11.3 Å². The van der Waals surface area contributed by atoms with Crippen molar-refractivity contribution in [1.29, 1.82) is 0 Å². The lowest BCUT2D eigenvalue weighted by Gasteiger charge is -2.17. The number of nitrogens with one attached hydrogen (secondary N) is 3. The van der Waals surface area contributed by atoms with E-state index in [1.54, 1.807) is 31.6 Å². The number of benzene rings is 1. The van der Waals surface area contributed by atoms with Gasteiger partial charge in [0.2, 0.25) is 0 Å². The summed E-state index contributed by atoms with van der Waals surface area (Å²) < 4.78 is 11.5. The lowest BCUT2D eigenvalue weighted by atomic mass is 10.1. The maximum atomic E-state index is 12.0. The van der Waals surface area contributed by atoms with Gasteiger partial charge in [-0.1, -0.05) is 12.1 Å². The van der Waals surface area contributed by atoms with Crippen molar-refractivity contribution in [2.45, 2.75) is 19.9 Å². The molecule has 0 saturated carbocycles. The minimum atomic E-state index is -0.146. The molecule has 3 rings (SSSR count). The highest BCUT2D eigenvalue weighted by Gasteiger charge is 2.17. The van der Waals surface area contributed by atoms with Crippen LogP contribution in [0, 0.1) is 12.8 Å². The predicted octanol–water partition coefficient (Wildman–Crippen LogP) is 2.52. The summed E-state index contributed by atoms with van der Waals surface area (Å²) in [5, 5.41) is 9.37. The molecule has 1 aromatic carbocycles. The first-order valence-corrected chi connectivity index (χ1v) is 10.6. The lowest BCUT2D eigenvalue weighted by molar-refractivity contribution is 0.0954. The first kappa shape index (κ1) is 25.9. The molecule has 1 fully saturated rings. The van der Waals surface area contributed by atoms with Gasteiger partial charge in [0.05, 0.1) is 18.8 Å². The molecule has 174 valence electrons. The van der Waals surface area contributed by atoms with Crippen LogP contribution in [0.5, 0.6) is 5.75 Å². The lowest BCUT2D eigenvalue weighted by Crippen LogP contribution is -2.41. The quantitative estimate of drug-likeness (QED) is 0.191. The van der Waals surface area contributed by atoms with Gasteiger partial charge in [-0.25, -0.2) is 0 Å². The van der Waals surface area contributed by atoms with Gasteiger partial charge in [-0.3, -0.25) is 14.8 Å². The average molecular weight is 553 g/mol. The zero-order chi connectivity index (χ0) is 21.9. The predicted molar refractivity (Wildman–Crippen MR) is 136 cm³/mol. The summed E-state index contributed by atoms with van der Waals surface area (Å²) in [4.78, 5) is 20.2. The number of amides is 1. The normalized spacial score (nSPS) is 15.6. The highest BCUT2D eigenvalue weighted by Crippen LogP contribution is 2.22. The number of carbonyl (C=O) groups is 1. The molecule has 1 amide bonds. The molecule has 1 aliphatic rings. The second kappa shape index (κ2) is 13.9. The number of guanidine groups is 1. The molecule has 1 saturated heterocycles. The Labute approximate surface area is 206 Å². The van der Waals surface area contributed by atoms with Gasteiger partial charge in [-0.2, -0.15) is 0 Å². The van der Waals surface area contributed by atoms with Crippen molar-refractivity contribution < 1.29 is 14.3 Å². The number of carbonyl (C=O) groups excluding carboxylic acids is 1. The highest BCUT2D eigenvalue weighted by atomic mass is 127. The number of rotatable bonds is 9. The molecule has 1 aliphatic heterocycles. The van der Waals surface area contributed by atoms with Crippen LogP contribution in [0.25, 0.3) is 0 Å². The van der Waals surface area contributed by atoms with Crippen molar-refractivity contribution in [3.63, 3.8) is 0 Å². The Kier molecular flexibility index (Phi) is 11.2. The van der Waals surface area contributed by atoms with E-state index in [0.717, 1.165) is 36.5 Å². The fourth-order valence-electron chi connectivity index (χ4n) is 3.22. The number of hydrogen-bond donors (Lipinski definition) is 3. The number of ether oxygens (including phenoxy) is 2. The van der Waals surface area contributed by atoms with Crippen LogP contribution in [0.4, 0.5) is 0 Å². The van der Waals surface area contributed by atoms with E-state index >= 15 is 0 Å². The molecule has 1 unspecified atom stereocenters. The van der Waals surface area contributed by atoms with Gasteiger partial charge in [0.25, 0.3) is 5.91 Å². The summed E-state index contributed by atoms with van der Waals surface area (Å²) in [5.41, 5.74) is 2.77. The molecule has 3 N–H and O–H groups in total. The number of aryl methyl sites for hydroxylation is 1. The zero-order valence-corrected chi connectivity index (χ0v) is 20.9. The Balaban J connectivity index is 0.00000363. The van der Waals surface area contributed by atoms with Crippen molar-refractivity contribution in [3.05, 3.63) is 59.4 Å². The van der Waals surface area contributed by atoms with Crippen molar-refractivity contribution in [3.8, 4) is 5.75 Å². The van der Waals surface area contributed by atoms with Gasteiger partial charge in [0, 0.05) is 57.2 Å². The summed E-state index contributed by atoms with van der Waals surface area (Å²) in [6.07, 6.45) is 4.24. The van der Waals surface area contributed by atoms with Gasteiger partial charge >= 0.3 is 0 Å². The Morgan fingerprint density at radius 1 is 1.25 bits per heavy atom. The monoisotopic (exact) mass is 553 g/mol. The molecular weight excluding hydrogens is 521 g/mol. The van der Waals surface area contributed by atoms with Gasteiger partial charge in [0.15, 0.2) is 5.96 Å². The topological polar surface area (TPSA) is 96.9 Å². The second-order valence-electron chi connectivity index (χ2n) is 7.50. The van der Waals surface area contributed by atoms with E-state index in [1.807, 2.05) is 0 Å². The maximum absolute atomic E-state index is 12.0. The average Bonchev–Trinajstić information content (AvgIpc) is 3.32. The third-order valence-corrected chi connectivity index (χ3v) is 5.02. The Bertz CT molecular complexity index is 873. The van der Waals surface area contributed by atoms with E-state index in [2.05, 4.69) is 51.0 Å². The van der Waals surface area contributed by atoms with Crippen LogP contribution in [0.3, 0.4) is 0 Å². The number of aromatic nitrogens is 1. The van der Waals surface area contributed by atoms with E-state index in [1.165, 1.54) is 0 Å². The van der Waals surface area contributed by atoms with Crippen molar-refractivity contribution in [2.75, 3.05) is 40.0 Å². The molecule has 9 heteroatoms. The van der Waals surface area contributed by atoms with E-state index in [4.69, 9.17) is 9.47 Å². The van der Waals surface area contributed by atoms with Crippen molar-refractivity contribution >= 4 is 35.8 Å². The third-order valence-electron chi connectivity index (χ3n) is 5.02. The number of pyridine rings is 1. The summed E-state index contributed by atoms with van der Waals surface area (Å²) in [5.74, 6) is 1.86. The van der Waals surface area contributed by atoms with E-state index < -0.39 is 0 Å². The molecular formula is C23H32IN5O3. The number of halogens is 1. The Hall–Kier alpha value is -2.40. The van der Waals surface area contributed by atoms with E-state index in [9.17, 15) is 4.79 Å². The van der Waals surface area contributed by atoms with Gasteiger partial charge < -0.3 is 25.4 Å². The van der Waals surface area contributed by atoms with E-state index in [0.29, 0.717) is 43.7 Å². The van der Waals surface area contributed by atoms with Crippen LogP contribution in [-0.4, -0.2) is 56.8 Å². The van der Waals surface area contributed by atoms with Gasteiger partial charge in [0.1, 0.15) is 5.75 Å². The number of nitrogens with zero attached hydrogens (tertiary/aromatic N) is 2. The molecule has 1 atom stereocenters. The standard InChI is InChI=1S/C23H31N5O3.HI/c1-17-5-6-19(21(12-17)31-16-18-7-11-30-15-18)14-28-23(24-2)27-10-9-26-22(29)20-4-3-8-25-13-20;/h3-6,8,12-13,18H,7,9-11,14-16H2,1-2H3,(H,26,29)(H2,24,27,28);1H. The molecule has 0 bridgehead atoms. The van der Waals surface area contributed by atoms with Crippen LogP contribution >= 0.6 is 24.0 Å². The minimum absolute atomic E-state index is 0. The zero-order valence-electron chi connectivity index (χ0n) is 18.6. The molecule has 0 radical (unpaired) electrons. The minimum Gasteiger partial charge on any atom is -0.493 e. The number of hydrogen-bond acceptors (Lipinski definition) is 5. The van der Waals surface area contributed by atoms with Crippen LogP contribution < -0.4 is 20.7 Å². The van der Waals surface area contributed by atoms with E-state index in [-0.39, 0.29) is 29.9 Å². The highest BCUT2D eigenvalue weighted by molar-refractivity contribution is 14.0. The SMILES string of the molecule is CN=C(NCCNC(=O)c1cccnc1)NCc1ccc(C)cc1OCC1CCOC1.I. The van der Waals surface area contributed by atoms with Crippen LogP contribution in [0.2, 0.25) is 0 Å².